The van der Waals surface area contributed by atoms with Crippen molar-refractivity contribution < 1.29 is 14.6 Å². The van der Waals surface area contributed by atoms with Gasteiger partial charge in [-0.25, -0.2) is 0 Å². The maximum atomic E-state index is 11.5. The van der Waals surface area contributed by atoms with Crippen molar-refractivity contribution in [1.82, 2.24) is 14.9 Å². The summed E-state index contributed by atoms with van der Waals surface area (Å²) in [5.74, 6) is 0.813. The summed E-state index contributed by atoms with van der Waals surface area (Å²) in [6, 6.07) is 8.47. The number of nitrogens with zero attached hydrogens (tertiary/aromatic N) is 4. The van der Waals surface area contributed by atoms with Gasteiger partial charge in [0, 0.05) is 33.2 Å². The van der Waals surface area contributed by atoms with Gasteiger partial charge in [0.2, 0.25) is 0 Å². The number of anilines is 3. The third-order valence-electron chi connectivity index (χ3n) is 5.49. The first-order valence-electron chi connectivity index (χ1n) is 11.2. The van der Waals surface area contributed by atoms with Crippen molar-refractivity contribution in [2.45, 2.75) is 45.4 Å². The van der Waals surface area contributed by atoms with Crippen molar-refractivity contribution in [2.75, 3.05) is 49.2 Å². The van der Waals surface area contributed by atoms with Crippen LogP contribution in [0.5, 0.6) is 6.01 Å². The fourth-order valence-electron chi connectivity index (χ4n) is 3.86. The van der Waals surface area contributed by atoms with Crippen LogP contribution in [-0.2, 0) is 17.9 Å². The molecule has 0 amide bonds. The molecule has 1 aliphatic rings. The first-order valence-corrected chi connectivity index (χ1v) is 11.2. The molecule has 1 aliphatic heterocycles. The van der Waals surface area contributed by atoms with E-state index >= 15 is 0 Å². The Morgan fingerprint density at radius 1 is 1.38 bits per heavy atom. The minimum absolute atomic E-state index is 0.155. The molecule has 174 valence electrons. The number of aliphatic hydroxyl groups is 1. The van der Waals surface area contributed by atoms with Crippen LogP contribution in [0.25, 0.3) is 0 Å². The molecule has 1 aromatic carbocycles. The van der Waals surface area contributed by atoms with Crippen LogP contribution >= 0.6 is 0 Å². The first kappa shape index (κ1) is 23.7. The molecule has 32 heavy (non-hydrogen) atoms. The number of benzene rings is 1. The molecule has 0 saturated carbocycles. The van der Waals surface area contributed by atoms with E-state index in [0.29, 0.717) is 31.2 Å². The maximum Gasteiger partial charge on any atom is 0.320 e. The van der Waals surface area contributed by atoms with Crippen molar-refractivity contribution in [1.29, 1.82) is 0 Å². The number of nitrogens with two attached hydrogens (primary N) is 1. The lowest BCUT2D eigenvalue weighted by atomic mass is 10.1. The number of hydrogen-bond acceptors (Lipinski definition) is 9. The molecule has 3 rings (SSSR count). The van der Waals surface area contributed by atoms with Crippen LogP contribution in [0, 0.1) is 0 Å². The van der Waals surface area contributed by atoms with Crippen molar-refractivity contribution in [2.24, 2.45) is 0 Å². The number of ether oxygens (including phenoxy) is 1. The highest BCUT2D eigenvalue weighted by Gasteiger charge is 2.21. The fraction of sp³-hybridized carbons (Fsp3) is 0.522. The highest BCUT2D eigenvalue weighted by atomic mass is 16.5. The molecule has 0 bridgehead atoms. The van der Waals surface area contributed by atoms with Gasteiger partial charge in [0.1, 0.15) is 12.0 Å². The zero-order chi connectivity index (χ0) is 22.9. The summed E-state index contributed by atoms with van der Waals surface area (Å²) < 4.78 is 5.68. The van der Waals surface area contributed by atoms with E-state index in [1.54, 1.807) is 7.05 Å². The Hall–Kier alpha value is -2.91. The number of rotatable bonds is 12. The summed E-state index contributed by atoms with van der Waals surface area (Å²) in [5.41, 5.74) is 8.94. The van der Waals surface area contributed by atoms with Gasteiger partial charge in [-0.3, -0.25) is 4.90 Å². The van der Waals surface area contributed by atoms with Crippen molar-refractivity contribution in [3.05, 3.63) is 35.4 Å². The van der Waals surface area contributed by atoms with Crippen molar-refractivity contribution in [3.8, 4) is 6.01 Å². The molecule has 4 N–H and O–H groups in total. The van der Waals surface area contributed by atoms with Crippen molar-refractivity contribution >= 4 is 23.6 Å². The molecule has 2 aromatic rings. The quantitative estimate of drug-likeness (QED) is 0.335. The number of aromatic nitrogens is 2. The zero-order valence-corrected chi connectivity index (χ0v) is 19.0. The smallest absolute Gasteiger partial charge is 0.320 e. The van der Waals surface area contributed by atoms with Gasteiger partial charge in [-0.1, -0.05) is 37.6 Å². The van der Waals surface area contributed by atoms with Gasteiger partial charge >= 0.3 is 6.01 Å². The number of carbonyl (C=O) groups is 1. The zero-order valence-electron chi connectivity index (χ0n) is 19.0. The van der Waals surface area contributed by atoms with Gasteiger partial charge in [-0.15, -0.1) is 0 Å². The summed E-state index contributed by atoms with van der Waals surface area (Å²) >= 11 is 0. The lowest BCUT2D eigenvalue weighted by Gasteiger charge is -2.25. The number of hydrogen-bond donors (Lipinski definition) is 3. The molecule has 9 heteroatoms. The predicted octanol–water partition coefficient (Wildman–Crippen LogP) is 2.05. The molecule has 0 radical (unpaired) electrons. The van der Waals surface area contributed by atoms with Gasteiger partial charge in [-0.05, 0) is 24.0 Å². The Balaban J connectivity index is 1.81. The number of unbranched alkanes of at least 4 members (excludes halogenated alkanes) is 1. The average molecular weight is 443 g/mol. The van der Waals surface area contributed by atoms with E-state index in [1.807, 2.05) is 17.0 Å². The number of carbonyl (C=O) groups excluding carboxylic acids is 1. The number of likely N-dealkylation sites (tertiary alicyclic amines) is 1. The number of nitrogens with one attached hydrogen (secondary N) is 1. The van der Waals surface area contributed by atoms with Gasteiger partial charge in [0.05, 0.1) is 19.3 Å². The van der Waals surface area contributed by atoms with E-state index in [1.165, 1.54) is 5.56 Å². The second-order valence-corrected chi connectivity index (χ2v) is 8.09. The van der Waals surface area contributed by atoms with E-state index in [2.05, 4.69) is 39.2 Å². The SMILES string of the molecule is CCCCOc1nc(N)c(NC)c(N(CC=O)Cc2cccc(CN3CCC(O)C3)c2)n1. The van der Waals surface area contributed by atoms with Gasteiger partial charge < -0.3 is 30.6 Å². The summed E-state index contributed by atoms with van der Waals surface area (Å²) in [4.78, 5) is 24.4. The maximum absolute atomic E-state index is 11.5. The van der Waals surface area contributed by atoms with Crippen LogP contribution in [0.3, 0.4) is 0 Å². The fourth-order valence-corrected chi connectivity index (χ4v) is 3.86. The summed E-state index contributed by atoms with van der Waals surface area (Å²) in [6.45, 7) is 5.62. The molecule has 0 spiro atoms. The van der Waals surface area contributed by atoms with Gasteiger partial charge in [0.15, 0.2) is 11.6 Å². The summed E-state index contributed by atoms with van der Waals surface area (Å²) in [5, 5.41) is 12.8. The molecular formula is C23H34N6O3. The number of nitrogen functional groups attached to an aromatic ring is 1. The Labute approximate surface area is 189 Å². The predicted molar refractivity (Wildman–Crippen MR) is 126 cm³/mol. The molecule has 1 unspecified atom stereocenters. The van der Waals surface area contributed by atoms with Gasteiger partial charge in [-0.2, -0.15) is 9.97 Å². The highest BCUT2D eigenvalue weighted by Crippen LogP contribution is 2.31. The highest BCUT2D eigenvalue weighted by molar-refractivity contribution is 5.78. The largest absolute Gasteiger partial charge is 0.463 e. The third-order valence-corrected chi connectivity index (χ3v) is 5.49. The molecule has 1 saturated heterocycles. The van der Waals surface area contributed by atoms with Crippen molar-refractivity contribution in [3.63, 3.8) is 0 Å². The van der Waals surface area contributed by atoms with Gasteiger partial charge in [0.25, 0.3) is 0 Å². The third kappa shape index (κ3) is 6.30. The molecule has 0 aliphatic carbocycles. The second kappa shape index (κ2) is 11.6. The first-order chi connectivity index (χ1) is 15.5. The summed E-state index contributed by atoms with van der Waals surface area (Å²) in [6.07, 6.45) is 3.33. The molecule has 1 atom stereocenters. The second-order valence-electron chi connectivity index (χ2n) is 8.09. The number of aldehydes is 1. The average Bonchev–Trinajstić information content (AvgIpc) is 3.18. The Kier molecular flexibility index (Phi) is 8.64. The van der Waals surface area contributed by atoms with E-state index in [9.17, 15) is 9.90 Å². The molecular weight excluding hydrogens is 408 g/mol. The minimum atomic E-state index is -0.238. The monoisotopic (exact) mass is 442 g/mol. The van der Waals surface area contributed by atoms with E-state index in [0.717, 1.165) is 44.2 Å². The normalized spacial score (nSPS) is 16.2. The molecule has 1 fully saturated rings. The Morgan fingerprint density at radius 3 is 2.88 bits per heavy atom. The lowest BCUT2D eigenvalue weighted by Crippen LogP contribution is -2.27. The molecule has 2 heterocycles. The molecule has 9 nitrogen and oxygen atoms in total. The number of β-amino-alcohol motifs (C(OH)–C–C–N with tert-alkyl or cyclic N) is 1. The topological polar surface area (TPSA) is 117 Å². The van der Waals surface area contributed by atoms with Crippen LogP contribution in [0.4, 0.5) is 17.3 Å². The van der Waals surface area contributed by atoms with E-state index in [-0.39, 0.29) is 24.5 Å². The lowest BCUT2D eigenvalue weighted by molar-refractivity contribution is -0.106. The van der Waals surface area contributed by atoms with Crippen LogP contribution in [0.1, 0.15) is 37.3 Å². The van der Waals surface area contributed by atoms with E-state index in [4.69, 9.17) is 10.5 Å². The molecule has 1 aromatic heterocycles. The van der Waals surface area contributed by atoms with Crippen LogP contribution in [0.15, 0.2) is 24.3 Å². The standard InChI is InChI=1S/C23H34N6O3/c1-3-4-12-32-23-26-21(24)20(25-2)22(27-23)29(10-11-30)15-18-7-5-6-17(13-18)14-28-9-8-19(31)16-28/h5-7,11,13,19,25,31H,3-4,8-10,12,14-16H2,1-2H3,(H2,24,26,27). The van der Waals surface area contributed by atoms with Crippen LogP contribution in [0.2, 0.25) is 0 Å². The minimum Gasteiger partial charge on any atom is -0.463 e. The Morgan fingerprint density at radius 2 is 2.19 bits per heavy atom. The van der Waals surface area contributed by atoms with E-state index < -0.39 is 0 Å². The van der Waals surface area contributed by atoms with Crippen LogP contribution in [-0.4, -0.2) is 65.7 Å². The van der Waals surface area contributed by atoms with Crippen LogP contribution < -0.4 is 20.7 Å². The number of aliphatic hydroxyl groups excluding tert-OH is 1. The Bertz CT molecular complexity index is 894. The summed E-state index contributed by atoms with van der Waals surface area (Å²) in [7, 11) is 1.75.